The van der Waals surface area contributed by atoms with Crippen molar-refractivity contribution in [1.29, 1.82) is 0 Å². The molecule has 4 heteroatoms. The summed E-state index contributed by atoms with van der Waals surface area (Å²) in [6, 6.07) is 5.26. The molecule has 0 radical (unpaired) electrons. The molecule has 2 rings (SSSR count). The molecule has 0 heterocycles. The van der Waals surface area contributed by atoms with E-state index >= 15 is 0 Å². The van der Waals surface area contributed by atoms with Crippen LogP contribution in [-0.4, -0.2) is 17.1 Å². The summed E-state index contributed by atoms with van der Waals surface area (Å²) in [5.74, 6) is -0.267. The van der Waals surface area contributed by atoms with E-state index in [1.165, 1.54) is 18.9 Å². The van der Waals surface area contributed by atoms with E-state index in [0.29, 0.717) is 23.3 Å². The van der Waals surface area contributed by atoms with Gasteiger partial charge in [0.25, 0.3) is 0 Å². The lowest BCUT2D eigenvalue weighted by atomic mass is 10.1. The van der Waals surface area contributed by atoms with Gasteiger partial charge in [-0.1, -0.05) is 0 Å². The predicted octanol–water partition coefficient (Wildman–Crippen LogP) is 2.18. The van der Waals surface area contributed by atoms with Crippen molar-refractivity contribution in [2.75, 3.05) is 11.1 Å². The molecule has 4 N–H and O–H groups in total. The maximum Gasteiger partial charge on any atom is 0.337 e. The molecule has 0 bridgehead atoms. The van der Waals surface area contributed by atoms with Crippen LogP contribution < -0.4 is 11.1 Å². The van der Waals surface area contributed by atoms with Crippen molar-refractivity contribution in [2.45, 2.75) is 25.8 Å². The Balaban J connectivity index is 2.21. The second kappa shape index (κ2) is 4.04. The molecule has 0 spiro atoms. The Hall–Kier alpha value is -1.71. The van der Waals surface area contributed by atoms with Crippen LogP contribution in [0.1, 0.15) is 30.1 Å². The molecule has 1 fully saturated rings. The van der Waals surface area contributed by atoms with Crippen LogP contribution in [-0.2, 0) is 0 Å². The summed E-state index contributed by atoms with van der Waals surface area (Å²) in [5.41, 5.74) is 6.95. The Morgan fingerprint density at radius 3 is 2.81 bits per heavy atom. The van der Waals surface area contributed by atoms with Crippen molar-refractivity contribution in [3.8, 4) is 0 Å². The largest absolute Gasteiger partial charge is 0.478 e. The summed E-state index contributed by atoms with van der Waals surface area (Å²) >= 11 is 0. The fourth-order valence-corrected chi connectivity index (χ4v) is 1.82. The zero-order chi connectivity index (χ0) is 11.7. The Morgan fingerprint density at radius 2 is 2.25 bits per heavy atom. The molecule has 1 aromatic rings. The highest BCUT2D eigenvalue weighted by Crippen LogP contribution is 2.34. The van der Waals surface area contributed by atoms with Gasteiger partial charge in [0.2, 0.25) is 0 Å². The third-order valence-corrected chi connectivity index (χ3v) is 2.99. The minimum Gasteiger partial charge on any atom is -0.478 e. The van der Waals surface area contributed by atoms with Crippen LogP contribution in [0.15, 0.2) is 18.2 Å². The van der Waals surface area contributed by atoms with Gasteiger partial charge in [-0.3, -0.25) is 0 Å². The number of nitrogen functional groups attached to an aromatic ring is 1. The van der Waals surface area contributed by atoms with Crippen molar-refractivity contribution in [1.82, 2.24) is 0 Å². The van der Waals surface area contributed by atoms with Gasteiger partial charge in [-0.25, -0.2) is 4.79 Å². The van der Waals surface area contributed by atoms with Crippen LogP contribution in [0.4, 0.5) is 11.4 Å². The molecule has 0 aliphatic heterocycles. The Labute approximate surface area is 94.5 Å². The van der Waals surface area contributed by atoms with Gasteiger partial charge in [-0.2, -0.15) is 0 Å². The van der Waals surface area contributed by atoms with E-state index in [0.717, 1.165) is 0 Å². The average molecular weight is 220 g/mol. The fourth-order valence-electron chi connectivity index (χ4n) is 1.82. The summed E-state index contributed by atoms with van der Waals surface area (Å²) in [5, 5.41) is 12.3. The Morgan fingerprint density at radius 1 is 1.56 bits per heavy atom. The molecule has 1 aromatic carbocycles. The van der Waals surface area contributed by atoms with Crippen LogP contribution in [0.5, 0.6) is 0 Å². The quantitative estimate of drug-likeness (QED) is 0.680. The summed E-state index contributed by atoms with van der Waals surface area (Å²) in [6.07, 6.45) is 2.46. The molecule has 1 unspecified atom stereocenters. The normalized spacial score (nSPS) is 16.8. The first kappa shape index (κ1) is 10.8. The number of benzene rings is 1. The minimum atomic E-state index is -0.946. The van der Waals surface area contributed by atoms with Crippen LogP contribution >= 0.6 is 0 Å². The predicted molar refractivity (Wildman–Crippen MR) is 63.6 cm³/mol. The minimum absolute atomic E-state index is 0.243. The van der Waals surface area contributed by atoms with Gasteiger partial charge < -0.3 is 16.2 Å². The lowest BCUT2D eigenvalue weighted by Crippen LogP contribution is -2.19. The monoisotopic (exact) mass is 220 g/mol. The molecule has 86 valence electrons. The number of nitrogens with one attached hydrogen (secondary N) is 1. The first-order valence-corrected chi connectivity index (χ1v) is 5.47. The number of rotatable bonds is 4. The van der Waals surface area contributed by atoms with Crippen LogP contribution in [0.3, 0.4) is 0 Å². The van der Waals surface area contributed by atoms with Gasteiger partial charge in [-0.05, 0) is 43.9 Å². The SMILES string of the molecule is CC(Nc1ccc(N)cc1C(=O)O)C1CC1. The number of carboxylic acids is 1. The second-order valence-electron chi connectivity index (χ2n) is 4.38. The molecule has 0 aromatic heterocycles. The molecule has 1 aliphatic rings. The van der Waals surface area contributed by atoms with Crippen molar-refractivity contribution < 1.29 is 9.90 Å². The Kier molecular flexibility index (Phi) is 2.73. The van der Waals surface area contributed by atoms with Crippen LogP contribution in [0, 0.1) is 5.92 Å². The summed E-state index contributed by atoms with van der Waals surface area (Å²) in [7, 11) is 0. The van der Waals surface area contributed by atoms with E-state index in [2.05, 4.69) is 12.2 Å². The summed E-state index contributed by atoms with van der Waals surface area (Å²) in [6.45, 7) is 2.08. The zero-order valence-electron chi connectivity index (χ0n) is 9.23. The summed E-state index contributed by atoms with van der Waals surface area (Å²) in [4.78, 5) is 11.0. The molecular weight excluding hydrogens is 204 g/mol. The van der Waals surface area contributed by atoms with Gasteiger partial charge in [0, 0.05) is 17.4 Å². The summed E-state index contributed by atoms with van der Waals surface area (Å²) < 4.78 is 0. The third-order valence-electron chi connectivity index (χ3n) is 2.99. The third kappa shape index (κ3) is 2.27. The number of carboxylic acid groups (broad SMARTS) is 1. The number of aromatic carboxylic acids is 1. The first-order valence-electron chi connectivity index (χ1n) is 5.47. The molecular formula is C12H16N2O2. The molecule has 1 aliphatic carbocycles. The number of carbonyl (C=O) groups is 1. The van der Waals surface area contributed by atoms with Crippen molar-refractivity contribution in [2.24, 2.45) is 5.92 Å². The fraction of sp³-hybridized carbons (Fsp3) is 0.417. The van der Waals surface area contributed by atoms with Crippen molar-refractivity contribution in [3.05, 3.63) is 23.8 Å². The smallest absolute Gasteiger partial charge is 0.337 e. The highest BCUT2D eigenvalue weighted by Gasteiger charge is 2.28. The number of anilines is 2. The molecule has 0 saturated heterocycles. The Bertz CT molecular complexity index is 413. The molecule has 16 heavy (non-hydrogen) atoms. The molecule has 1 saturated carbocycles. The zero-order valence-corrected chi connectivity index (χ0v) is 9.23. The van der Waals surface area contributed by atoms with Gasteiger partial charge in [0.1, 0.15) is 0 Å². The van der Waals surface area contributed by atoms with E-state index in [9.17, 15) is 4.79 Å². The number of nitrogens with two attached hydrogens (primary N) is 1. The molecule has 1 atom stereocenters. The highest BCUT2D eigenvalue weighted by molar-refractivity contribution is 5.95. The first-order chi connectivity index (χ1) is 7.58. The van der Waals surface area contributed by atoms with Gasteiger partial charge in [0.15, 0.2) is 0 Å². The lowest BCUT2D eigenvalue weighted by Gasteiger charge is -2.16. The maximum atomic E-state index is 11.0. The molecule has 4 nitrogen and oxygen atoms in total. The van der Waals surface area contributed by atoms with Gasteiger partial charge >= 0.3 is 5.97 Å². The van der Waals surface area contributed by atoms with E-state index < -0.39 is 5.97 Å². The number of hydrogen-bond acceptors (Lipinski definition) is 3. The van der Waals surface area contributed by atoms with E-state index in [4.69, 9.17) is 10.8 Å². The average Bonchev–Trinajstić information content (AvgIpc) is 3.03. The van der Waals surface area contributed by atoms with Crippen molar-refractivity contribution >= 4 is 17.3 Å². The maximum absolute atomic E-state index is 11.0. The van der Waals surface area contributed by atoms with E-state index in [1.807, 2.05) is 0 Å². The van der Waals surface area contributed by atoms with Gasteiger partial charge in [-0.15, -0.1) is 0 Å². The van der Waals surface area contributed by atoms with E-state index in [1.54, 1.807) is 12.1 Å². The van der Waals surface area contributed by atoms with Crippen LogP contribution in [0.25, 0.3) is 0 Å². The van der Waals surface area contributed by atoms with Gasteiger partial charge in [0.05, 0.1) is 5.56 Å². The standard InChI is InChI=1S/C12H16N2O2/c1-7(8-2-3-8)14-11-5-4-9(13)6-10(11)12(15)16/h4-8,14H,2-3,13H2,1H3,(H,15,16). The second-order valence-corrected chi connectivity index (χ2v) is 4.38. The van der Waals surface area contributed by atoms with Crippen molar-refractivity contribution in [3.63, 3.8) is 0 Å². The lowest BCUT2D eigenvalue weighted by molar-refractivity contribution is 0.0698. The van der Waals surface area contributed by atoms with Crippen LogP contribution in [0.2, 0.25) is 0 Å². The number of hydrogen-bond donors (Lipinski definition) is 3. The topological polar surface area (TPSA) is 75.3 Å². The van der Waals surface area contributed by atoms with E-state index in [-0.39, 0.29) is 5.56 Å². The highest BCUT2D eigenvalue weighted by atomic mass is 16.4. The molecule has 0 amide bonds.